The third-order valence-corrected chi connectivity index (χ3v) is 2.43. The number of ether oxygens (including phenoxy) is 1. The molecular weight excluding hydrogens is 263 g/mol. The van der Waals surface area contributed by atoms with Crippen molar-refractivity contribution >= 4 is 29.0 Å². The van der Waals surface area contributed by atoms with E-state index < -0.39 is 0 Å². The molecule has 0 saturated heterocycles. The molecule has 2 N–H and O–H groups in total. The molecule has 4 nitrogen and oxygen atoms in total. The topological polar surface area (TPSA) is 76.1 Å². The van der Waals surface area contributed by atoms with Crippen LogP contribution in [0.1, 0.15) is 15.9 Å². The number of benzene rings is 1. The summed E-state index contributed by atoms with van der Waals surface area (Å²) in [7, 11) is 0. The fourth-order valence-corrected chi connectivity index (χ4v) is 1.59. The fraction of sp³-hybridized carbons (Fsp3) is 0.273. The molecule has 1 rings (SSSR count). The van der Waals surface area contributed by atoms with E-state index in [1.165, 1.54) is 12.1 Å². The van der Waals surface area contributed by atoms with Crippen LogP contribution in [-0.4, -0.2) is 24.8 Å². The minimum Gasteiger partial charge on any atom is -0.489 e. The van der Waals surface area contributed by atoms with E-state index in [-0.39, 0.29) is 41.2 Å². The predicted molar refractivity (Wildman–Crippen MR) is 65.8 cm³/mol. The first-order valence-corrected chi connectivity index (χ1v) is 5.71. The minimum absolute atomic E-state index is 0.136. The molecular formula is C11H10Cl2N2O2. The van der Waals surface area contributed by atoms with E-state index in [0.29, 0.717) is 5.56 Å². The molecule has 0 aliphatic heterocycles. The highest BCUT2D eigenvalue weighted by atomic mass is 35.5. The number of nitrogens with two attached hydrogens (primary N) is 1. The number of carbonyl (C=O) groups excluding carboxylic acids is 1. The van der Waals surface area contributed by atoms with Gasteiger partial charge in [0.2, 0.25) is 0 Å². The van der Waals surface area contributed by atoms with E-state index in [2.05, 4.69) is 0 Å². The van der Waals surface area contributed by atoms with E-state index in [1.807, 2.05) is 6.07 Å². The Hall–Kier alpha value is -1.28. The second kappa shape index (κ2) is 6.45. The van der Waals surface area contributed by atoms with E-state index in [9.17, 15) is 4.79 Å². The van der Waals surface area contributed by atoms with Crippen molar-refractivity contribution < 1.29 is 9.53 Å². The van der Waals surface area contributed by atoms with Crippen LogP contribution < -0.4 is 10.5 Å². The summed E-state index contributed by atoms with van der Waals surface area (Å²) in [5, 5.41) is 9.16. The summed E-state index contributed by atoms with van der Waals surface area (Å²) in [6.07, 6.45) is 0. The molecule has 1 aromatic rings. The average Bonchev–Trinajstić information content (AvgIpc) is 2.35. The van der Waals surface area contributed by atoms with Crippen LogP contribution in [0.15, 0.2) is 12.1 Å². The van der Waals surface area contributed by atoms with Crippen LogP contribution in [0.4, 0.5) is 0 Å². The van der Waals surface area contributed by atoms with Gasteiger partial charge in [0.1, 0.15) is 12.7 Å². The van der Waals surface area contributed by atoms with Crippen LogP contribution in [0, 0.1) is 11.3 Å². The van der Waals surface area contributed by atoms with E-state index >= 15 is 0 Å². The highest BCUT2D eigenvalue weighted by molar-refractivity contribution is 6.32. The molecule has 0 aliphatic rings. The summed E-state index contributed by atoms with van der Waals surface area (Å²) in [6.45, 7) is 0.100. The number of Topliss-reactive ketones (excluding diaryl/α,β-unsaturated/α-hetero) is 1. The Bertz CT molecular complexity index is 469. The molecule has 0 saturated carbocycles. The molecule has 0 radical (unpaired) electrons. The first-order valence-electron chi connectivity index (χ1n) is 4.79. The molecule has 0 atom stereocenters. The molecule has 0 aliphatic carbocycles. The van der Waals surface area contributed by atoms with Gasteiger partial charge >= 0.3 is 0 Å². The second-order valence-corrected chi connectivity index (χ2v) is 3.90. The van der Waals surface area contributed by atoms with Crippen molar-refractivity contribution in [2.75, 3.05) is 19.0 Å². The first kappa shape index (κ1) is 13.8. The van der Waals surface area contributed by atoms with Crippen LogP contribution in [0.3, 0.4) is 0 Å². The number of hydrogen-bond acceptors (Lipinski definition) is 4. The number of nitriles is 1. The summed E-state index contributed by atoms with van der Waals surface area (Å²) in [5.41, 5.74) is 5.73. The Morgan fingerprint density at radius 2 is 2.24 bits per heavy atom. The quantitative estimate of drug-likeness (QED) is 0.657. The Labute approximate surface area is 109 Å². The number of halogens is 2. The van der Waals surface area contributed by atoms with Crippen LogP contribution in [-0.2, 0) is 0 Å². The van der Waals surface area contributed by atoms with Crippen molar-refractivity contribution in [3.8, 4) is 11.8 Å². The number of rotatable bonds is 5. The lowest BCUT2D eigenvalue weighted by Crippen LogP contribution is -2.14. The first-order chi connectivity index (χ1) is 8.13. The van der Waals surface area contributed by atoms with Crippen LogP contribution >= 0.6 is 23.2 Å². The molecule has 17 heavy (non-hydrogen) atoms. The number of nitrogens with zero attached hydrogens (tertiary/aromatic N) is 1. The van der Waals surface area contributed by atoms with Crippen LogP contribution in [0.5, 0.6) is 5.75 Å². The lowest BCUT2D eigenvalue weighted by atomic mass is 10.1. The SMILES string of the molecule is N#Cc1cc(C(=O)CN)cc(Cl)c1OCCCl. The van der Waals surface area contributed by atoms with Gasteiger partial charge in [0.25, 0.3) is 0 Å². The van der Waals surface area contributed by atoms with Crippen molar-refractivity contribution in [1.29, 1.82) is 5.26 Å². The van der Waals surface area contributed by atoms with E-state index in [0.717, 1.165) is 0 Å². The molecule has 0 bridgehead atoms. The fourth-order valence-electron chi connectivity index (χ4n) is 1.24. The molecule has 0 unspecified atom stereocenters. The summed E-state index contributed by atoms with van der Waals surface area (Å²) in [4.78, 5) is 11.4. The molecule has 0 aromatic heterocycles. The Morgan fingerprint density at radius 3 is 2.76 bits per heavy atom. The number of carbonyl (C=O) groups is 1. The zero-order valence-corrected chi connectivity index (χ0v) is 10.4. The van der Waals surface area contributed by atoms with Crippen molar-refractivity contribution in [3.63, 3.8) is 0 Å². The maximum Gasteiger partial charge on any atom is 0.176 e. The highest BCUT2D eigenvalue weighted by Crippen LogP contribution is 2.30. The number of ketones is 1. The summed E-state index contributed by atoms with van der Waals surface area (Å²) >= 11 is 11.4. The molecule has 0 amide bonds. The van der Waals surface area contributed by atoms with Crippen LogP contribution in [0.2, 0.25) is 5.02 Å². The van der Waals surface area contributed by atoms with Gasteiger partial charge in [-0.1, -0.05) is 11.6 Å². The van der Waals surface area contributed by atoms with Crippen molar-refractivity contribution in [3.05, 3.63) is 28.3 Å². The van der Waals surface area contributed by atoms with E-state index in [4.69, 9.17) is 38.9 Å². The standard InChI is InChI=1S/C11H10Cl2N2O2/c12-1-2-17-11-8(5-14)3-7(4-9(11)13)10(16)6-15/h3-4H,1-2,6,15H2. The molecule has 90 valence electrons. The van der Waals surface area contributed by atoms with Gasteiger partial charge in [-0.05, 0) is 12.1 Å². The van der Waals surface area contributed by atoms with E-state index in [1.54, 1.807) is 0 Å². The zero-order valence-electron chi connectivity index (χ0n) is 8.87. The zero-order chi connectivity index (χ0) is 12.8. The number of alkyl halides is 1. The van der Waals surface area contributed by atoms with Gasteiger partial charge in [-0.25, -0.2) is 0 Å². The smallest absolute Gasteiger partial charge is 0.176 e. The molecule has 0 heterocycles. The Morgan fingerprint density at radius 1 is 1.53 bits per heavy atom. The summed E-state index contributed by atoms with van der Waals surface area (Å²) < 4.78 is 5.25. The van der Waals surface area contributed by atoms with Gasteiger partial charge in [-0.15, -0.1) is 11.6 Å². The monoisotopic (exact) mass is 272 g/mol. The average molecular weight is 273 g/mol. The third kappa shape index (κ3) is 3.34. The molecule has 0 fully saturated rings. The minimum atomic E-state index is -0.285. The lowest BCUT2D eigenvalue weighted by molar-refractivity contribution is 0.100. The maximum atomic E-state index is 11.4. The van der Waals surface area contributed by atoms with Gasteiger partial charge < -0.3 is 10.5 Å². The molecule has 0 spiro atoms. The predicted octanol–water partition coefficient (Wildman–Crippen LogP) is 1.97. The van der Waals surface area contributed by atoms with Gasteiger partial charge in [0, 0.05) is 5.56 Å². The molecule has 6 heteroatoms. The van der Waals surface area contributed by atoms with Crippen LogP contribution in [0.25, 0.3) is 0 Å². The largest absolute Gasteiger partial charge is 0.489 e. The Kier molecular flexibility index (Phi) is 5.23. The highest BCUT2D eigenvalue weighted by Gasteiger charge is 2.14. The van der Waals surface area contributed by atoms with Gasteiger partial charge in [-0.3, -0.25) is 4.79 Å². The molecule has 1 aromatic carbocycles. The number of hydrogen-bond donors (Lipinski definition) is 1. The Balaban J connectivity index is 3.17. The van der Waals surface area contributed by atoms with Crippen molar-refractivity contribution in [2.24, 2.45) is 5.73 Å². The van der Waals surface area contributed by atoms with Crippen molar-refractivity contribution in [2.45, 2.75) is 0 Å². The second-order valence-electron chi connectivity index (χ2n) is 3.11. The maximum absolute atomic E-state index is 11.4. The van der Waals surface area contributed by atoms with Gasteiger partial charge in [-0.2, -0.15) is 5.26 Å². The van der Waals surface area contributed by atoms with Crippen molar-refractivity contribution in [1.82, 2.24) is 0 Å². The summed E-state index contributed by atoms with van der Waals surface area (Å²) in [5.74, 6) is 0.237. The lowest BCUT2D eigenvalue weighted by Gasteiger charge is -2.09. The third-order valence-electron chi connectivity index (χ3n) is 1.99. The van der Waals surface area contributed by atoms with Gasteiger partial charge in [0.15, 0.2) is 11.5 Å². The summed E-state index contributed by atoms with van der Waals surface area (Å²) in [6, 6.07) is 4.76. The van der Waals surface area contributed by atoms with Gasteiger partial charge in [0.05, 0.1) is 23.0 Å². The normalized spacial score (nSPS) is 9.76.